The van der Waals surface area contributed by atoms with Crippen LogP contribution in [0.5, 0.6) is 0 Å². The van der Waals surface area contributed by atoms with Gasteiger partial charge in [-0.25, -0.2) is 18.4 Å². The van der Waals surface area contributed by atoms with Crippen LogP contribution >= 0.6 is 11.6 Å². The van der Waals surface area contributed by atoms with Crippen LogP contribution in [0.15, 0.2) is 39.8 Å². The number of halogens is 1. The van der Waals surface area contributed by atoms with Crippen molar-refractivity contribution in [3.8, 4) is 0 Å². The zero-order valence-corrected chi connectivity index (χ0v) is 12.1. The van der Waals surface area contributed by atoms with Crippen molar-refractivity contribution < 1.29 is 22.7 Å². The summed E-state index contributed by atoms with van der Waals surface area (Å²) in [5, 5.41) is 17.4. The standard InChI is InChI=1S/C12H11ClN2O5S/c13-7-3-8(20-6-7)5-15-11-2-1-9(21(14,18)19)4-10(11)12(16)17/h1-4,6,15H,5H2,(H,16,17)(H2,14,18,19). The molecule has 0 atom stereocenters. The molecule has 0 spiro atoms. The summed E-state index contributed by atoms with van der Waals surface area (Å²) in [6, 6.07) is 5.12. The molecule has 0 aliphatic carbocycles. The second-order valence-corrected chi connectivity index (χ2v) is 6.14. The molecule has 1 aromatic heterocycles. The Kier molecular flexibility index (Phi) is 4.21. The van der Waals surface area contributed by atoms with Crippen LogP contribution in [-0.2, 0) is 16.6 Å². The molecule has 9 heteroatoms. The number of nitrogens with one attached hydrogen (secondary N) is 1. The number of nitrogens with two attached hydrogens (primary N) is 1. The summed E-state index contributed by atoms with van der Waals surface area (Å²) >= 11 is 5.70. The number of furan rings is 1. The van der Waals surface area contributed by atoms with E-state index in [2.05, 4.69) is 5.32 Å². The minimum Gasteiger partial charge on any atom is -0.478 e. The highest BCUT2D eigenvalue weighted by Gasteiger charge is 2.16. The first-order chi connectivity index (χ1) is 9.77. The Morgan fingerprint density at radius 3 is 2.62 bits per heavy atom. The number of hydrogen-bond acceptors (Lipinski definition) is 5. The summed E-state index contributed by atoms with van der Waals surface area (Å²) in [6.07, 6.45) is 1.35. The molecule has 2 rings (SSSR count). The third-order valence-electron chi connectivity index (χ3n) is 2.62. The number of carboxylic acids is 1. The third kappa shape index (κ3) is 3.75. The quantitative estimate of drug-likeness (QED) is 0.769. The maximum atomic E-state index is 11.2. The summed E-state index contributed by atoms with van der Waals surface area (Å²) in [6.45, 7) is 0.196. The van der Waals surface area contributed by atoms with Gasteiger partial charge in [0.15, 0.2) is 0 Å². The van der Waals surface area contributed by atoms with Gasteiger partial charge in [0.2, 0.25) is 10.0 Å². The lowest BCUT2D eigenvalue weighted by molar-refractivity contribution is 0.0697. The van der Waals surface area contributed by atoms with Crippen molar-refractivity contribution in [2.45, 2.75) is 11.4 Å². The first kappa shape index (κ1) is 15.4. The first-order valence-corrected chi connectivity index (χ1v) is 7.57. The third-order valence-corrected chi connectivity index (χ3v) is 3.73. The van der Waals surface area contributed by atoms with Gasteiger partial charge in [0.25, 0.3) is 0 Å². The molecule has 112 valence electrons. The van der Waals surface area contributed by atoms with E-state index in [1.165, 1.54) is 18.4 Å². The van der Waals surface area contributed by atoms with Gasteiger partial charge in [-0.15, -0.1) is 0 Å². The van der Waals surface area contributed by atoms with Crippen LogP contribution in [0.2, 0.25) is 5.02 Å². The van der Waals surface area contributed by atoms with E-state index in [0.717, 1.165) is 6.07 Å². The fraction of sp³-hybridized carbons (Fsp3) is 0.0833. The number of anilines is 1. The molecule has 0 unspecified atom stereocenters. The number of carbonyl (C=O) groups is 1. The van der Waals surface area contributed by atoms with Crippen molar-refractivity contribution in [1.29, 1.82) is 0 Å². The summed E-state index contributed by atoms with van der Waals surface area (Å²) in [7, 11) is -3.97. The molecule has 0 fully saturated rings. The van der Waals surface area contributed by atoms with Gasteiger partial charge in [-0.1, -0.05) is 11.6 Å². The van der Waals surface area contributed by atoms with Gasteiger partial charge in [0.05, 0.1) is 22.0 Å². The smallest absolute Gasteiger partial charge is 0.337 e. The zero-order chi connectivity index (χ0) is 15.6. The van der Waals surface area contributed by atoms with Crippen molar-refractivity contribution in [3.05, 3.63) is 46.9 Å². The van der Waals surface area contributed by atoms with Gasteiger partial charge in [-0.05, 0) is 18.2 Å². The molecule has 0 radical (unpaired) electrons. The predicted octanol–water partition coefficient (Wildman–Crippen LogP) is 1.89. The lowest BCUT2D eigenvalue weighted by atomic mass is 10.2. The summed E-state index contributed by atoms with van der Waals surface area (Å²) in [5.74, 6) is -0.771. The average molecular weight is 331 g/mol. The maximum Gasteiger partial charge on any atom is 0.337 e. The lowest BCUT2D eigenvalue weighted by Gasteiger charge is -2.09. The Morgan fingerprint density at radius 1 is 1.38 bits per heavy atom. The highest BCUT2D eigenvalue weighted by atomic mass is 35.5. The van der Waals surface area contributed by atoms with E-state index in [-0.39, 0.29) is 22.7 Å². The predicted molar refractivity (Wildman–Crippen MR) is 75.8 cm³/mol. The highest BCUT2D eigenvalue weighted by Crippen LogP contribution is 2.21. The van der Waals surface area contributed by atoms with Crippen molar-refractivity contribution in [2.75, 3.05) is 5.32 Å². The molecule has 4 N–H and O–H groups in total. The summed E-state index contributed by atoms with van der Waals surface area (Å²) < 4.78 is 27.6. The molecule has 0 amide bonds. The van der Waals surface area contributed by atoms with Gasteiger partial charge < -0.3 is 14.8 Å². The second kappa shape index (κ2) is 5.76. The van der Waals surface area contributed by atoms with Crippen LogP contribution in [-0.4, -0.2) is 19.5 Å². The molecule has 0 saturated heterocycles. The summed E-state index contributed by atoms with van der Waals surface area (Å²) in [4.78, 5) is 10.9. The number of sulfonamides is 1. The molecule has 0 saturated carbocycles. The van der Waals surface area contributed by atoms with Crippen LogP contribution in [0.25, 0.3) is 0 Å². The van der Waals surface area contributed by atoms with Crippen molar-refractivity contribution in [3.63, 3.8) is 0 Å². The Labute approximate surface area is 125 Å². The Hall–Kier alpha value is -2.03. The van der Waals surface area contributed by atoms with E-state index in [0.29, 0.717) is 10.8 Å². The zero-order valence-electron chi connectivity index (χ0n) is 10.5. The fourth-order valence-corrected chi connectivity index (χ4v) is 2.37. The van der Waals surface area contributed by atoms with E-state index < -0.39 is 16.0 Å². The Morgan fingerprint density at radius 2 is 2.10 bits per heavy atom. The summed E-state index contributed by atoms with van der Waals surface area (Å²) in [5.41, 5.74) is 0.0293. The van der Waals surface area contributed by atoms with E-state index in [4.69, 9.17) is 26.3 Å². The van der Waals surface area contributed by atoms with Crippen molar-refractivity contribution >= 4 is 33.3 Å². The van der Waals surface area contributed by atoms with E-state index >= 15 is 0 Å². The SMILES string of the molecule is NS(=O)(=O)c1ccc(NCc2cc(Cl)co2)c(C(=O)O)c1. The molecule has 0 aliphatic rings. The van der Waals surface area contributed by atoms with Crippen LogP contribution in [0.1, 0.15) is 16.1 Å². The van der Waals surface area contributed by atoms with Crippen molar-refractivity contribution in [1.82, 2.24) is 0 Å². The van der Waals surface area contributed by atoms with Crippen LogP contribution in [0.3, 0.4) is 0 Å². The topological polar surface area (TPSA) is 123 Å². The van der Waals surface area contributed by atoms with E-state index in [1.54, 1.807) is 6.07 Å². The molecule has 0 aliphatic heterocycles. The minimum absolute atomic E-state index is 0.196. The number of benzene rings is 1. The normalized spacial score (nSPS) is 11.3. The van der Waals surface area contributed by atoms with Crippen molar-refractivity contribution in [2.24, 2.45) is 5.14 Å². The molecule has 1 aromatic carbocycles. The monoisotopic (exact) mass is 330 g/mol. The lowest BCUT2D eigenvalue weighted by Crippen LogP contribution is -2.14. The first-order valence-electron chi connectivity index (χ1n) is 5.64. The molecule has 2 aromatic rings. The number of primary sulfonamides is 1. The fourth-order valence-electron chi connectivity index (χ4n) is 1.66. The largest absolute Gasteiger partial charge is 0.478 e. The molecule has 7 nitrogen and oxygen atoms in total. The highest BCUT2D eigenvalue weighted by molar-refractivity contribution is 7.89. The van der Waals surface area contributed by atoms with Gasteiger partial charge in [-0.3, -0.25) is 0 Å². The number of hydrogen-bond donors (Lipinski definition) is 3. The molecule has 1 heterocycles. The second-order valence-electron chi connectivity index (χ2n) is 4.14. The number of aromatic carboxylic acids is 1. The van der Waals surface area contributed by atoms with Gasteiger partial charge in [0.1, 0.15) is 12.0 Å². The van der Waals surface area contributed by atoms with Gasteiger partial charge in [-0.2, -0.15) is 0 Å². The molecule has 21 heavy (non-hydrogen) atoms. The van der Waals surface area contributed by atoms with Crippen LogP contribution in [0, 0.1) is 0 Å². The van der Waals surface area contributed by atoms with Crippen LogP contribution in [0.4, 0.5) is 5.69 Å². The number of carboxylic acid groups (broad SMARTS) is 1. The van der Waals surface area contributed by atoms with Gasteiger partial charge in [0, 0.05) is 11.8 Å². The Bertz CT molecular complexity index is 785. The Balaban J connectivity index is 2.28. The average Bonchev–Trinajstić information content (AvgIpc) is 2.80. The van der Waals surface area contributed by atoms with Gasteiger partial charge >= 0.3 is 5.97 Å². The molecular weight excluding hydrogens is 320 g/mol. The maximum absolute atomic E-state index is 11.2. The van der Waals surface area contributed by atoms with E-state index in [1.807, 2.05) is 0 Å². The molecule has 0 bridgehead atoms. The number of rotatable bonds is 5. The molecular formula is C12H11ClN2O5S. The minimum atomic E-state index is -3.97. The van der Waals surface area contributed by atoms with E-state index in [9.17, 15) is 13.2 Å². The van der Waals surface area contributed by atoms with Crippen LogP contribution < -0.4 is 10.5 Å².